The molecule has 4 aliphatic carbocycles. The van der Waals surface area contributed by atoms with Gasteiger partial charge < -0.3 is 82.2 Å². The largest absolute Gasteiger partial charge is 0.502 e. The average Bonchev–Trinajstić information content (AvgIpc) is 1.53. The summed E-state index contributed by atoms with van der Waals surface area (Å²) in [5.41, 5.74) is -0.563. The molecule has 4 N–H and O–H groups in total. The minimum absolute atomic E-state index is 0.0376. The number of fused-ring (bicyclic) bond motifs is 6. The van der Waals surface area contributed by atoms with Crippen LogP contribution in [0.25, 0.3) is 6.08 Å². The van der Waals surface area contributed by atoms with E-state index in [2.05, 4.69) is 11.4 Å². The van der Waals surface area contributed by atoms with Crippen molar-refractivity contribution in [1.29, 1.82) is 0 Å². The maximum atomic E-state index is 16.4. The number of carbonyl (C=O) groups is 5. The number of aliphatic hydroxyl groups is 2. The van der Waals surface area contributed by atoms with E-state index in [1.807, 2.05) is 66.7 Å². The number of ketones is 2. The number of esters is 2. The lowest BCUT2D eigenvalue weighted by Gasteiger charge is -2.56. The van der Waals surface area contributed by atoms with Crippen LogP contribution in [0.1, 0.15) is 155 Å². The Hall–Kier alpha value is -8.51. The van der Waals surface area contributed by atoms with Crippen LogP contribution in [-0.4, -0.2) is 138 Å². The summed E-state index contributed by atoms with van der Waals surface area (Å²) in [6.45, 7) is 18.7. The molecule has 1 spiro atoms. The van der Waals surface area contributed by atoms with Gasteiger partial charge in [-0.1, -0.05) is 35.5 Å². The number of aromatic hydroxyl groups is 1. The van der Waals surface area contributed by atoms with Gasteiger partial charge in [0, 0.05) is 46.8 Å². The third kappa shape index (κ3) is 10.7. The topological polar surface area (TPSA) is 278 Å². The molecule has 512 valence electrons. The number of allylic oxidation sites excluding steroid dienone is 5. The molecule has 7 heterocycles. The standard InChI is InChI=1S/C75H81NO21/c1-35(2)14-13-23-73(10)24-22-43-62(95-73)42(20-15-36(3)4)64-56(63(43)93-68(83)38-16-18-41(19-17-38)91-70-61(80)60(79)65-52(92-70)33-90-72(8,9)94-65)58(77)47-26-40-29-53-71(6,7)97-74(66(40)81,75(47,53)96-64)25-21-37(5)67(82)76-57-45-31-49-48(88-34-89-49)30-44(45)54(55-46(57)32-87-69(55)84)39-27-50(85-11)59(78)51(28-39)86-12/h14-19,21-22,24,26-28,30-31,40,46,52-55,57,60-61,65,70,78-80H,13,20,23,25,29,32-34H2,1-12H3,(H,76,82)/b37-21-/t40?,46?,52-,53?,54?,55?,57?,60+,61-,65-,70-,73?,74?,75?/m1/s1. The number of benzene rings is 4. The molecular weight excluding hydrogens is 1250 g/mol. The average molecular weight is 1330 g/mol. The Balaban J connectivity index is 0.824. The van der Waals surface area contributed by atoms with Gasteiger partial charge in [-0.05, 0) is 172 Å². The number of methoxy groups -OCH3 is 2. The first-order valence-electron chi connectivity index (χ1n) is 33.0. The Morgan fingerprint density at radius 1 is 0.814 bits per heavy atom. The fourth-order valence-corrected chi connectivity index (χ4v) is 16.2. The van der Waals surface area contributed by atoms with Gasteiger partial charge in [0.15, 0.2) is 57.3 Å². The number of Topliss-reactive ketones (excluding diaryl/α,β-unsaturated/α-hetero) is 2. The maximum Gasteiger partial charge on any atom is 0.343 e. The zero-order valence-corrected chi connectivity index (χ0v) is 56.3. The normalized spacial score (nSPS) is 31.5. The summed E-state index contributed by atoms with van der Waals surface area (Å²) >= 11 is 0. The van der Waals surface area contributed by atoms with Crippen molar-refractivity contribution in [2.45, 2.75) is 172 Å². The molecule has 1 saturated carbocycles. The quantitative estimate of drug-likeness (QED) is 0.0351. The van der Waals surface area contributed by atoms with E-state index in [4.69, 9.17) is 61.6 Å². The second kappa shape index (κ2) is 23.9. The molecule has 5 fully saturated rings. The maximum absolute atomic E-state index is 16.4. The molecule has 14 atom stereocenters. The minimum Gasteiger partial charge on any atom is -0.502 e. The fraction of sp³-hybridized carbons (Fsp3) is 0.480. The Morgan fingerprint density at radius 2 is 1.52 bits per heavy atom. The van der Waals surface area contributed by atoms with Crippen LogP contribution in [0.2, 0.25) is 0 Å². The Morgan fingerprint density at radius 3 is 2.21 bits per heavy atom. The van der Waals surface area contributed by atoms with Crippen molar-refractivity contribution in [3.8, 4) is 51.7 Å². The Labute approximate surface area is 561 Å². The predicted molar refractivity (Wildman–Crippen MR) is 347 cm³/mol. The highest BCUT2D eigenvalue weighted by Gasteiger charge is 2.81. The van der Waals surface area contributed by atoms with Crippen molar-refractivity contribution >= 4 is 35.5 Å². The number of amides is 1. The Bertz CT molecular complexity index is 4120. The van der Waals surface area contributed by atoms with E-state index in [9.17, 15) is 24.9 Å². The highest BCUT2D eigenvalue weighted by Crippen LogP contribution is 2.69. The van der Waals surface area contributed by atoms with Gasteiger partial charge in [0.05, 0.1) is 56.1 Å². The summed E-state index contributed by atoms with van der Waals surface area (Å²) in [7, 11) is 2.83. The lowest BCUT2D eigenvalue weighted by Crippen LogP contribution is -2.72. The van der Waals surface area contributed by atoms with Gasteiger partial charge in [-0.3, -0.25) is 19.2 Å². The van der Waals surface area contributed by atoms with Crippen molar-refractivity contribution in [3.05, 3.63) is 140 Å². The van der Waals surface area contributed by atoms with E-state index >= 15 is 14.4 Å². The van der Waals surface area contributed by atoms with E-state index in [1.165, 1.54) is 38.5 Å². The number of rotatable bonds is 16. The number of hydrogen-bond donors (Lipinski definition) is 4. The molecule has 11 aliphatic rings. The van der Waals surface area contributed by atoms with Crippen molar-refractivity contribution in [3.63, 3.8) is 0 Å². The van der Waals surface area contributed by atoms with Crippen LogP contribution in [0, 0.1) is 23.7 Å². The summed E-state index contributed by atoms with van der Waals surface area (Å²) in [6.07, 6.45) is 6.85. The molecule has 22 nitrogen and oxygen atoms in total. The highest BCUT2D eigenvalue weighted by atomic mass is 16.8. The molecule has 4 saturated heterocycles. The van der Waals surface area contributed by atoms with Gasteiger partial charge >= 0.3 is 11.9 Å². The summed E-state index contributed by atoms with van der Waals surface area (Å²) in [4.78, 5) is 76.2. The van der Waals surface area contributed by atoms with Crippen molar-refractivity contribution in [2.24, 2.45) is 23.7 Å². The second-order valence-electron chi connectivity index (χ2n) is 28.6. The van der Waals surface area contributed by atoms with Crippen LogP contribution in [0.3, 0.4) is 0 Å². The Kier molecular flexibility index (Phi) is 16.2. The molecule has 97 heavy (non-hydrogen) atoms. The van der Waals surface area contributed by atoms with E-state index < -0.39 is 118 Å². The predicted octanol–water partition coefficient (Wildman–Crippen LogP) is 9.89. The first-order chi connectivity index (χ1) is 46.1. The number of carbonyl (C=O) groups excluding carboxylic acids is 5. The van der Waals surface area contributed by atoms with Crippen molar-refractivity contribution in [2.75, 3.05) is 34.2 Å². The first-order valence-corrected chi connectivity index (χ1v) is 33.0. The van der Waals surface area contributed by atoms with Gasteiger partial charge in [-0.25, -0.2) is 4.79 Å². The molecule has 0 radical (unpaired) electrons. The number of aliphatic hydroxyl groups excluding tert-OH is 2. The molecule has 15 rings (SSSR count). The van der Waals surface area contributed by atoms with Gasteiger partial charge in [0.2, 0.25) is 24.7 Å². The van der Waals surface area contributed by atoms with Crippen LogP contribution >= 0.6 is 0 Å². The molecule has 0 aromatic heterocycles. The molecule has 7 aliphatic heterocycles. The van der Waals surface area contributed by atoms with Gasteiger partial charge in [-0.2, -0.15) is 0 Å². The smallest absolute Gasteiger partial charge is 0.343 e. The highest BCUT2D eigenvalue weighted by molar-refractivity contribution is 6.19. The number of cyclic esters (lactones) is 1. The van der Waals surface area contributed by atoms with Crippen molar-refractivity contribution in [1.82, 2.24) is 5.32 Å². The first kappa shape index (κ1) is 65.8. The van der Waals surface area contributed by atoms with Crippen LogP contribution in [0.5, 0.6) is 51.7 Å². The van der Waals surface area contributed by atoms with E-state index in [-0.39, 0.29) is 102 Å². The summed E-state index contributed by atoms with van der Waals surface area (Å²) in [5.74, 6) is -5.91. The van der Waals surface area contributed by atoms with Gasteiger partial charge in [-0.15, -0.1) is 0 Å². The lowest BCUT2D eigenvalue weighted by molar-refractivity contribution is -0.373. The molecular formula is C75H81NO21. The summed E-state index contributed by atoms with van der Waals surface area (Å²) in [6, 6.07) is 12.0. The lowest BCUT2D eigenvalue weighted by atomic mass is 9.51. The van der Waals surface area contributed by atoms with E-state index in [1.54, 1.807) is 57.2 Å². The number of phenols is 1. The molecule has 9 unspecified atom stereocenters. The van der Waals surface area contributed by atoms with Gasteiger partial charge in [0.1, 0.15) is 52.8 Å². The molecule has 4 aromatic rings. The fourth-order valence-electron chi connectivity index (χ4n) is 16.2. The third-order valence-electron chi connectivity index (χ3n) is 21.0. The SMILES string of the molecule is COc1cc(C2c3cc4c(cc3C(NC(=O)/C(C)=C\CC35OC(C)(C)C6CC(C=C7C(=O)c8c(OC(=O)c9ccc(O[C@@H]%10O[C@@H]%11COC(C)(C)O[C@H]%11[C@@H](O)[C@H]%10O)cc9)c9c(c(CC=C(C)C)c8OC763)OC(C)(CCC=C(C)C)C=C9)C5=O)C3COC(=O)C23)OCO4)cc(OC)c1O. The monoisotopic (exact) mass is 1330 g/mol. The summed E-state index contributed by atoms with van der Waals surface area (Å²) < 4.78 is 81.1. The van der Waals surface area contributed by atoms with E-state index in [0.29, 0.717) is 57.9 Å². The molecule has 22 heteroatoms. The number of phenolic OH excluding ortho intramolecular Hbond substituents is 1. The minimum atomic E-state index is -1.90. The second-order valence-corrected chi connectivity index (χ2v) is 28.6. The van der Waals surface area contributed by atoms with Crippen LogP contribution in [0.15, 0.2) is 101 Å². The molecule has 1 amide bonds. The van der Waals surface area contributed by atoms with Crippen LogP contribution < -0.4 is 43.2 Å². The number of hydrogen-bond acceptors (Lipinski definition) is 21. The number of ether oxygens (including phenoxy) is 13. The number of nitrogens with one attached hydrogen (secondary N) is 1. The molecule has 4 bridgehead atoms. The summed E-state index contributed by atoms with van der Waals surface area (Å²) in [5, 5.41) is 36.4. The van der Waals surface area contributed by atoms with Crippen molar-refractivity contribution < 1.29 is 101 Å². The molecule has 4 aromatic carbocycles. The van der Waals surface area contributed by atoms with E-state index in [0.717, 1.165) is 11.1 Å². The zero-order valence-electron chi connectivity index (χ0n) is 56.3. The zero-order chi connectivity index (χ0) is 68.7. The third-order valence-corrected chi connectivity index (χ3v) is 21.0. The van der Waals surface area contributed by atoms with Gasteiger partial charge in [0.25, 0.3) is 0 Å². The van der Waals surface area contributed by atoms with Crippen LogP contribution in [-0.2, 0) is 44.5 Å². The van der Waals surface area contributed by atoms with Crippen LogP contribution in [0.4, 0.5) is 0 Å².